The van der Waals surface area contributed by atoms with Crippen molar-refractivity contribution >= 4 is 11.9 Å². The number of halogens is 1. The summed E-state index contributed by atoms with van der Waals surface area (Å²) in [5, 5.41) is 2.85. The summed E-state index contributed by atoms with van der Waals surface area (Å²) in [5.41, 5.74) is 0.848. The second-order valence-corrected chi connectivity index (χ2v) is 6.07. The lowest BCUT2D eigenvalue weighted by Crippen LogP contribution is -2.46. The summed E-state index contributed by atoms with van der Waals surface area (Å²) in [6.45, 7) is 1.41. The van der Waals surface area contributed by atoms with Gasteiger partial charge in [-0.2, -0.15) is 0 Å². The van der Waals surface area contributed by atoms with Crippen molar-refractivity contribution in [2.45, 2.75) is 25.4 Å². The van der Waals surface area contributed by atoms with Gasteiger partial charge in [0.1, 0.15) is 5.82 Å². The van der Waals surface area contributed by atoms with E-state index in [1.807, 2.05) is 7.05 Å². The Morgan fingerprint density at radius 1 is 1.27 bits per heavy atom. The van der Waals surface area contributed by atoms with E-state index in [1.54, 1.807) is 21.9 Å². The molecule has 3 aliphatic heterocycles. The van der Waals surface area contributed by atoms with Gasteiger partial charge >= 0.3 is 6.03 Å². The number of piperidine rings is 1. The van der Waals surface area contributed by atoms with Crippen LogP contribution in [-0.4, -0.2) is 47.9 Å². The summed E-state index contributed by atoms with van der Waals surface area (Å²) in [5.74, 6) is -0.230. The fourth-order valence-electron chi connectivity index (χ4n) is 3.21. The average molecular weight is 305 g/mol. The summed E-state index contributed by atoms with van der Waals surface area (Å²) in [4.78, 5) is 28.0. The molecule has 3 aliphatic rings. The molecule has 1 aromatic rings. The van der Waals surface area contributed by atoms with E-state index in [0.717, 1.165) is 18.4 Å². The Hall–Kier alpha value is -2.11. The maximum atomic E-state index is 12.9. The third kappa shape index (κ3) is 2.91. The Labute approximate surface area is 129 Å². The van der Waals surface area contributed by atoms with Crippen molar-refractivity contribution in [3.63, 3.8) is 0 Å². The number of nitrogens with zero attached hydrogens (tertiary/aromatic N) is 2. The lowest BCUT2D eigenvalue weighted by molar-refractivity contribution is -0.138. The Morgan fingerprint density at radius 2 is 2.00 bits per heavy atom. The topological polar surface area (TPSA) is 52.7 Å². The molecule has 0 spiro atoms. The molecule has 3 amide bonds. The molecule has 3 saturated heterocycles. The molecule has 3 heterocycles. The lowest BCUT2D eigenvalue weighted by atomic mass is 9.95. The first-order valence-corrected chi connectivity index (χ1v) is 7.58. The molecule has 4 rings (SSSR count). The number of rotatable bonds is 2. The van der Waals surface area contributed by atoms with Gasteiger partial charge in [-0.25, -0.2) is 9.18 Å². The van der Waals surface area contributed by atoms with Crippen molar-refractivity contribution in [3.05, 3.63) is 35.6 Å². The number of carbonyl (C=O) groups is 2. The van der Waals surface area contributed by atoms with E-state index in [0.29, 0.717) is 19.6 Å². The van der Waals surface area contributed by atoms with E-state index in [2.05, 4.69) is 5.32 Å². The van der Waals surface area contributed by atoms with Gasteiger partial charge in [0.2, 0.25) is 5.91 Å². The van der Waals surface area contributed by atoms with Gasteiger partial charge < -0.3 is 15.1 Å². The Kier molecular flexibility index (Phi) is 4.00. The first-order chi connectivity index (χ1) is 10.5. The number of benzene rings is 1. The number of likely N-dealkylation sites (N-methyl/N-ethyl adjacent to an activating group) is 1. The molecule has 118 valence electrons. The zero-order valence-electron chi connectivity index (χ0n) is 12.6. The van der Waals surface area contributed by atoms with Crippen molar-refractivity contribution in [3.8, 4) is 0 Å². The average Bonchev–Trinajstić information content (AvgIpc) is 2.80. The number of hydrogen-bond acceptors (Lipinski definition) is 2. The molecule has 0 saturated carbocycles. The van der Waals surface area contributed by atoms with Gasteiger partial charge in [0, 0.05) is 32.7 Å². The van der Waals surface area contributed by atoms with Crippen molar-refractivity contribution in [1.29, 1.82) is 0 Å². The first-order valence-electron chi connectivity index (χ1n) is 7.58. The molecule has 0 aliphatic carbocycles. The van der Waals surface area contributed by atoms with E-state index < -0.39 is 0 Å². The molecule has 2 atom stereocenters. The van der Waals surface area contributed by atoms with Gasteiger partial charge in [-0.3, -0.25) is 4.79 Å². The van der Waals surface area contributed by atoms with Crippen molar-refractivity contribution < 1.29 is 14.0 Å². The van der Waals surface area contributed by atoms with Crippen LogP contribution < -0.4 is 5.32 Å². The highest BCUT2D eigenvalue weighted by molar-refractivity contribution is 5.82. The van der Waals surface area contributed by atoms with Crippen molar-refractivity contribution in [2.24, 2.45) is 5.92 Å². The van der Waals surface area contributed by atoms with Crippen LogP contribution in [0.1, 0.15) is 18.4 Å². The van der Waals surface area contributed by atoms with Crippen LogP contribution in [0.5, 0.6) is 0 Å². The van der Waals surface area contributed by atoms with Gasteiger partial charge in [-0.1, -0.05) is 12.1 Å². The van der Waals surface area contributed by atoms with Crippen LogP contribution in [0, 0.1) is 11.7 Å². The van der Waals surface area contributed by atoms with Gasteiger partial charge in [-0.15, -0.1) is 0 Å². The second kappa shape index (κ2) is 5.94. The fourth-order valence-corrected chi connectivity index (χ4v) is 3.21. The molecular weight excluding hydrogens is 285 g/mol. The summed E-state index contributed by atoms with van der Waals surface area (Å²) in [7, 11) is 1.82. The number of urea groups is 1. The van der Waals surface area contributed by atoms with E-state index in [-0.39, 0.29) is 29.7 Å². The third-order valence-corrected chi connectivity index (χ3v) is 4.61. The third-order valence-electron chi connectivity index (χ3n) is 4.61. The number of amides is 3. The Bertz CT molecular complexity index is 575. The van der Waals surface area contributed by atoms with E-state index in [9.17, 15) is 14.0 Å². The molecule has 1 aromatic carbocycles. The number of carbonyl (C=O) groups excluding carboxylic acids is 2. The van der Waals surface area contributed by atoms with Crippen molar-refractivity contribution in [1.82, 2.24) is 15.1 Å². The van der Waals surface area contributed by atoms with E-state index >= 15 is 0 Å². The van der Waals surface area contributed by atoms with Crippen LogP contribution >= 0.6 is 0 Å². The highest BCUT2D eigenvalue weighted by atomic mass is 19.1. The molecule has 22 heavy (non-hydrogen) atoms. The zero-order valence-corrected chi connectivity index (χ0v) is 12.6. The highest BCUT2D eigenvalue weighted by Crippen LogP contribution is 2.27. The van der Waals surface area contributed by atoms with Crippen LogP contribution in [0.2, 0.25) is 0 Å². The van der Waals surface area contributed by atoms with Crippen LogP contribution in [0.3, 0.4) is 0 Å². The Morgan fingerprint density at radius 3 is 2.73 bits per heavy atom. The number of nitrogens with one attached hydrogen (secondary N) is 1. The lowest BCUT2D eigenvalue weighted by Gasteiger charge is -2.32. The summed E-state index contributed by atoms with van der Waals surface area (Å²) in [6.07, 6.45) is 1.81. The van der Waals surface area contributed by atoms with Gasteiger partial charge in [0.05, 0.1) is 5.92 Å². The largest absolute Gasteiger partial charge is 0.341 e. The monoisotopic (exact) mass is 305 g/mol. The molecular formula is C16H20FN3O2. The fraction of sp³-hybridized carbons (Fsp3) is 0.500. The minimum Gasteiger partial charge on any atom is -0.341 e. The highest BCUT2D eigenvalue weighted by Gasteiger charge is 2.40. The summed E-state index contributed by atoms with van der Waals surface area (Å²) >= 11 is 0. The van der Waals surface area contributed by atoms with Crippen LogP contribution in [0.15, 0.2) is 24.3 Å². The first kappa shape index (κ1) is 14.8. The maximum Gasteiger partial charge on any atom is 0.317 e. The Balaban J connectivity index is 1.61. The van der Waals surface area contributed by atoms with Gasteiger partial charge in [0.25, 0.3) is 0 Å². The smallest absolute Gasteiger partial charge is 0.317 e. The minimum absolute atomic E-state index is 0.0830. The molecule has 6 heteroatoms. The van der Waals surface area contributed by atoms with Gasteiger partial charge in [-0.05, 0) is 30.5 Å². The van der Waals surface area contributed by atoms with Crippen LogP contribution in [-0.2, 0) is 11.3 Å². The predicted octanol–water partition coefficient (Wildman–Crippen LogP) is 1.59. The summed E-state index contributed by atoms with van der Waals surface area (Å²) in [6, 6.07) is 6.01. The minimum atomic E-state index is -0.291. The van der Waals surface area contributed by atoms with Gasteiger partial charge in [0.15, 0.2) is 0 Å². The van der Waals surface area contributed by atoms with Crippen LogP contribution in [0.25, 0.3) is 0 Å². The summed E-state index contributed by atoms with van der Waals surface area (Å²) < 4.78 is 12.9. The molecule has 0 radical (unpaired) electrons. The molecule has 3 fully saturated rings. The number of fused-ring (bicyclic) bond motifs is 4. The molecule has 5 nitrogen and oxygen atoms in total. The molecule has 1 N–H and O–H groups in total. The standard InChI is InChI=1S/C16H20FN3O2/c1-19-14-7-4-12(15(19)21)9-20(10-14)16(22)18-8-11-2-5-13(17)6-3-11/h2-3,5-6,12,14H,4,7-10H2,1H3,(H,18,22)/t12-,14+/m1/s1. The predicted molar refractivity (Wildman–Crippen MR) is 79.5 cm³/mol. The SMILES string of the molecule is CN1C(=O)[C@@H]2CC[C@H]1CN(C(=O)NCc1ccc(F)cc1)C2. The van der Waals surface area contributed by atoms with Crippen molar-refractivity contribution in [2.75, 3.05) is 20.1 Å². The normalized spacial score (nSPS) is 24.4. The molecule has 0 unspecified atom stereocenters. The quantitative estimate of drug-likeness (QED) is 0.902. The second-order valence-electron chi connectivity index (χ2n) is 6.07. The zero-order chi connectivity index (χ0) is 15.7. The molecule has 2 bridgehead atoms. The number of hydrogen-bond donors (Lipinski definition) is 1. The van der Waals surface area contributed by atoms with E-state index in [1.165, 1.54) is 12.1 Å². The maximum absolute atomic E-state index is 12.9. The van der Waals surface area contributed by atoms with Crippen LogP contribution in [0.4, 0.5) is 9.18 Å². The molecule has 0 aromatic heterocycles. The van der Waals surface area contributed by atoms with E-state index in [4.69, 9.17) is 0 Å².